The Morgan fingerprint density at radius 1 is 0.906 bits per heavy atom. The average Bonchev–Trinajstić information content (AvgIpc) is 3.63. The van der Waals surface area contributed by atoms with E-state index >= 15 is 0 Å². The van der Waals surface area contributed by atoms with Crippen molar-refractivity contribution in [2.45, 2.75) is 18.9 Å². The number of hydrogen-bond donors (Lipinski definition) is 2. The number of rotatable bonds is 5. The van der Waals surface area contributed by atoms with E-state index in [4.69, 9.17) is 0 Å². The Kier molecular flexibility index (Phi) is 4.70. The number of fused-ring (bicyclic) bond motifs is 1. The van der Waals surface area contributed by atoms with Gasteiger partial charge < -0.3 is 10.6 Å². The Bertz CT molecular complexity index is 1490. The minimum absolute atomic E-state index is 0.116. The van der Waals surface area contributed by atoms with Gasteiger partial charge in [0.2, 0.25) is 0 Å². The van der Waals surface area contributed by atoms with Crippen LogP contribution in [0.1, 0.15) is 18.9 Å². The summed E-state index contributed by atoms with van der Waals surface area (Å²) in [6, 6.07) is 17.9. The molecule has 8 nitrogen and oxygen atoms in total. The fourth-order valence-electron chi connectivity index (χ4n) is 4.00. The maximum Gasteiger partial charge on any atom is 0.337 e. The van der Waals surface area contributed by atoms with Gasteiger partial charge in [0.25, 0.3) is 11.1 Å². The summed E-state index contributed by atoms with van der Waals surface area (Å²) in [5, 5.41) is 6.59. The van der Waals surface area contributed by atoms with Gasteiger partial charge in [0.15, 0.2) is 0 Å². The lowest BCUT2D eigenvalue weighted by atomic mass is 10.2. The Morgan fingerprint density at radius 3 is 2.19 bits per heavy atom. The third-order valence-corrected chi connectivity index (χ3v) is 5.83. The van der Waals surface area contributed by atoms with Gasteiger partial charge in [-0.15, -0.1) is 0 Å². The number of benzene rings is 2. The smallest absolute Gasteiger partial charge is 0.337 e. The van der Waals surface area contributed by atoms with Crippen LogP contribution in [0.2, 0.25) is 0 Å². The van der Waals surface area contributed by atoms with Crippen molar-refractivity contribution in [2.24, 2.45) is 7.05 Å². The minimum Gasteiger partial charge on any atom is -0.388 e. The van der Waals surface area contributed by atoms with Crippen LogP contribution in [0.5, 0.6) is 0 Å². The molecule has 1 aliphatic rings. The number of nitrogens with zero attached hydrogens (tertiary/aromatic N) is 3. The van der Waals surface area contributed by atoms with Gasteiger partial charge in [-0.3, -0.25) is 18.7 Å². The quantitative estimate of drug-likeness (QED) is 0.509. The summed E-state index contributed by atoms with van der Waals surface area (Å²) in [6.07, 6.45) is 1.57. The van der Waals surface area contributed by atoms with E-state index in [1.165, 1.54) is 19.8 Å². The SMILES string of the molecule is CNc1ccc(Nc2cc(=O)n(C)c3c2c(=O)n(C2CC2)c(=O)n3-c2ccccc2)cc1. The Balaban J connectivity index is 1.86. The lowest BCUT2D eigenvalue weighted by Crippen LogP contribution is -2.41. The molecule has 0 spiro atoms. The van der Waals surface area contributed by atoms with Gasteiger partial charge in [0, 0.05) is 37.6 Å². The molecule has 1 saturated carbocycles. The highest BCUT2D eigenvalue weighted by Gasteiger charge is 2.30. The molecule has 0 saturated heterocycles. The molecule has 1 aliphatic carbocycles. The van der Waals surface area contributed by atoms with Crippen LogP contribution in [0.3, 0.4) is 0 Å². The van der Waals surface area contributed by atoms with Crippen molar-refractivity contribution in [3.05, 3.63) is 91.9 Å². The van der Waals surface area contributed by atoms with Crippen LogP contribution < -0.4 is 27.4 Å². The third-order valence-electron chi connectivity index (χ3n) is 5.83. The molecule has 162 valence electrons. The second-order valence-corrected chi connectivity index (χ2v) is 7.97. The van der Waals surface area contributed by atoms with Gasteiger partial charge in [-0.25, -0.2) is 9.36 Å². The first-order valence-electron chi connectivity index (χ1n) is 10.5. The molecule has 0 atom stereocenters. The molecular weight excluding hydrogens is 406 g/mol. The molecule has 5 rings (SSSR count). The van der Waals surface area contributed by atoms with Gasteiger partial charge in [-0.05, 0) is 49.2 Å². The molecular formula is C24H23N5O3. The highest BCUT2D eigenvalue weighted by atomic mass is 16.2. The van der Waals surface area contributed by atoms with Crippen molar-refractivity contribution in [3.63, 3.8) is 0 Å². The third kappa shape index (κ3) is 3.20. The Labute approximate surface area is 183 Å². The van der Waals surface area contributed by atoms with Crippen molar-refractivity contribution in [2.75, 3.05) is 17.7 Å². The predicted molar refractivity (Wildman–Crippen MR) is 127 cm³/mol. The molecule has 0 radical (unpaired) electrons. The molecule has 0 aliphatic heterocycles. The molecule has 4 aromatic rings. The Morgan fingerprint density at radius 2 is 1.56 bits per heavy atom. The first-order chi connectivity index (χ1) is 15.5. The van der Waals surface area contributed by atoms with Crippen molar-refractivity contribution in [1.29, 1.82) is 0 Å². The molecule has 32 heavy (non-hydrogen) atoms. The van der Waals surface area contributed by atoms with E-state index in [2.05, 4.69) is 10.6 Å². The second kappa shape index (κ2) is 7.56. The standard InChI is InChI=1S/C24H23N5O3/c1-25-15-8-10-16(11-9-15)26-19-14-20(30)27(2)22-21(19)23(31)29(18-12-13-18)24(32)28(22)17-6-4-3-5-7-17/h3-11,14,18,25-26H,12-13H2,1-2H3. The van der Waals surface area contributed by atoms with Gasteiger partial charge in [0.1, 0.15) is 11.0 Å². The maximum absolute atomic E-state index is 13.6. The zero-order chi connectivity index (χ0) is 22.4. The number of nitrogens with one attached hydrogen (secondary N) is 2. The fourth-order valence-corrected chi connectivity index (χ4v) is 4.00. The van der Waals surface area contributed by atoms with Crippen molar-refractivity contribution in [3.8, 4) is 5.69 Å². The van der Waals surface area contributed by atoms with Crippen molar-refractivity contribution in [1.82, 2.24) is 13.7 Å². The van der Waals surface area contributed by atoms with E-state index in [-0.39, 0.29) is 22.8 Å². The van der Waals surface area contributed by atoms with E-state index in [0.717, 1.165) is 24.2 Å². The highest BCUT2D eigenvalue weighted by Crippen LogP contribution is 2.33. The van der Waals surface area contributed by atoms with Crippen molar-refractivity contribution >= 4 is 28.1 Å². The van der Waals surface area contributed by atoms with Crippen LogP contribution >= 0.6 is 0 Å². The molecule has 2 aromatic heterocycles. The average molecular weight is 429 g/mol. The molecule has 2 aromatic carbocycles. The summed E-state index contributed by atoms with van der Waals surface area (Å²) in [5.74, 6) is 0. The minimum atomic E-state index is -0.429. The van der Waals surface area contributed by atoms with E-state index in [1.807, 2.05) is 49.5 Å². The first kappa shape index (κ1) is 19.9. The van der Waals surface area contributed by atoms with E-state index in [1.54, 1.807) is 19.2 Å². The van der Waals surface area contributed by atoms with Gasteiger partial charge >= 0.3 is 5.69 Å². The van der Waals surface area contributed by atoms with Crippen molar-refractivity contribution < 1.29 is 0 Å². The summed E-state index contributed by atoms with van der Waals surface area (Å²) >= 11 is 0. The summed E-state index contributed by atoms with van der Waals surface area (Å²) in [4.78, 5) is 39.9. The normalized spacial score (nSPS) is 13.3. The maximum atomic E-state index is 13.6. The van der Waals surface area contributed by atoms with E-state index < -0.39 is 5.69 Å². The fraction of sp³-hybridized carbons (Fsp3) is 0.208. The number of pyridine rings is 1. The summed E-state index contributed by atoms with van der Waals surface area (Å²) in [7, 11) is 3.41. The molecule has 2 heterocycles. The van der Waals surface area contributed by atoms with Crippen LogP contribution in [0.4, 0.5) is 17.1 Å². The highest BCUT2D eigenvalue weighted by molar-refractivity contribution is 5.91. The number of hydrogen-bond acceptors (Lipinski definition) is 5. The van der Waals surface area contributed by atoms with Crippen LogP contribution in [0.25, 0.3) is 16.7 Å². The van der Waals surface area contributed by atoms with Crippen LogP contribution in [-0.4, -0.2) is 20.7 Å². The first-order valence-corrected chi connectivity index (χ1v) is 10.5. The van der Waals surface area contributed by atoms with Crippen LogP contribution in [0, 0.1) is 0 Å². The summed E-state index contributed by atoms with van der Waals surface area (Å²) in [6.45, 7) is 0. The number of anilines is 3. The van der Waals surface area contributed by atoms with Crippen LogP contribution in [0.15, 0.2) is 75.0 Å². The number of aryl methyl sites for hydroxylation is 1. The number of aromatic nitrogens is 3. The monoisotopic (exact) mass is 429 g/mol. The molecule has 8 heteroatoms. The predicted octanol–water partition coefficient (Wildman–Crippen LogP) is 2.97. The zero-order valence-corrected chi connectivity index (χ0v) is 17.8. The zero-order valence-electron chi connectivity index (χ0n) is 17.8. The largest absolute Gasteiger partial charge is 0.388 e. The molecule has 0 amide bonds. The Hall–Kier alpha value is -4.07. The van der Waals surface area contributed by atoms with Crippen LogP contribution in [-0.2, 0) is 7.05 Å². The topological polar surface area (TPSA) is 90.1 Å². The molecule has 2 N–H and O–H groups in total. The molecule has 0 unspecified atom stereocenters. The van der Waals surface area contributed by atoms with Gasteiger partial charge in [-0.2, -0.15) is 0 Å². The summed E-state index contributed by atoms with van der Waals surface area (Å²) < 4.78 is 4.15. The second-order valence-electron chi connectivity index (χ2n) is 7.97. The van der Waals surface area contributed by atoms with Gasteiger partial charge in [-0.1, -0.05) is 18.2 Å². The van der Waals surface area contributed by atoms with E-state index in [9.17, 15) is 14.4 Å². The summed E-state index contributed by atoms with van der Waals surface area (Å²) in [5.41, 5.74) is 1.79. The molecule has 1 fully saturated rings. The lowest BCUT2D eigenvalue weighted by molar-refractivity contribution is 0.637. The lowest BCUT2D eigenvalue weighted by Gasteiger charge is -2.18. The van der Waals surface area contributed by atoms with E-state index in [0.29, 0.717) is 16.8 Å². The van der Waals surface area contributed by atoms with Gasteiger partial charge in [0.05, 0.1) is 11.4 Å². The number of para-hydroxylation sites is 1. The molecule has 0 bridgehead atoms.